The van der Waals surface area contributed by atoms with E-state index < -0.39 is 23.7 Å². The summed E-state index contributed by atoms with van der Waals surface area (Å²) in [5.41, 5.74) is 0.708. The number of nitrogens with zero attached hydrogens (tertiary/aromatic N) is 2. The first-order valence-corrected chi connectivity index (χ1v) is 7.45. The van der Waals surface area contributed by atoms with Crippen LogP contribution in [0.3, 0.4) is 0 Å². The number of aliphatic carboxylic acids is 1. The average Bonchev–Trinajstić information content (AvgIpc) is 2.71. The molecule has 0 unspecified atom stereocenters. The van der Waals surface area contributed by atoms with Crippen molar-refractivity contribution >= 4 is 29.4 Å². The van der Waals surface area contributed by atoms with Gasteiger partial charge in [0.05, 0.1) is 6.42 Å². The third kappa shape index (κ3) is 2.82. The van der Waals surface area contributed by atoms with Crippen molar-refractivity contribution in [3.8, 4) is 0 Å². The lowest BCUT2D eigenvalue weighted by Crippen LogP contribution is -2.30. The van der Waals surface area contributed by atoms with Gasteiger partial charge in [0.25, 0.3) is 5.91 Å². The molecular formula is C14H14N2O4S. The van der Waals surface area contributed by atoms with E-state index in [0.717, 1.165) is 0 Å². The van der Waals surface area contributed by atoms with Crippen LogP contribution in [-0.4, -0.2) is 51.3 Å². The molecule has 1 amide bonds. The van der Waals surface area contributed by atoms with Crippen LogP contribution in [0.25, 0.3) is 0 Å². The van der Waals surface area contributed by atoms with Gasteiger partial charge in [0.1, 0.15) is 5.37 Å². The minimum Gasteiger partial charge on any atom is -0.481 e. The number of rotatable bonds is 5. The van der Waals surface area contributed by atoms with Crippen molar-refractivity contribution in [1.82, 2.24) is 9.88 Å². The molecule has 0 fully saturated rings. The van der Waals surface area contributed by atoms with Gasteiger partial charge in [0, 0.05) is 36.2 Å². The summed E-state index contributed by atoms with van der Waals surface area (Å²) in [4.78, 5) is 41.0. The molecule has 0 saturated carbocycles. The van der Waals surface area contributed by atoms with Gasteiger partial charge in [-0.05, 0) is 18.4 Å². The molecule has 0 aromatic carbocycles. The Kier molecular flexibility index (Phi) is 4.42. The quantitative estimate of drug-likeness (QED) is 0.822. The molecule has 2 heterocycles. The lowest BCUT2D eigenvalue weighted by Gasteiger charge is -2.20. The van der Waals surface area contributed by atoms with Crippen molar-refractivity contribution in [2.24, 2.45) is 0 Å². The Hall–Kier alpha value is -2.15. The fourth-order valence-electron chi connectivity index (χ4n) is 2.28. The van der Waals surface area contributed by atoms with Gasteiger partial charge in [-0.2, -0.15) is 0 Å². The van der Waals surface area contributed by atoms with E-state index in [2.05, 4.69) is 4.98 Å². The van der Waals surface area contributed by atoms with Crippen LogP contribution in [0.4, 0.5) is 0 Å². The molecule has 0 radical (unpaired) electrons. The minimum absolute atomic E-state index is 0.0613. The summed E-state index contributed by atoms with van der Waals surface area (Å²) in [6.45, 7) is 0. The summed E-state index contributed by atoms with van der Waals surface area (Å²) < 4.78 is 0. The van der Waals surface area contributed by atoms with Crippen molar-refractivity contribution < 1.29 is 19.5 Å². The first kappa shape index (κ1) is 15.2. The van der Waals surface area contributed by atoms with E-state index in [1.165, 1.54) is 29.1 Å². The first-order valence-electron chi connectivity index (χ1n) is 6.17. The second-order valence-electron chi connectivity index (χ2n) is 4.53. The second kappa shape index (κ2) is 6.09. The SMILES string of the molecule is CS[C@H]1C(C(=O)c2ccncc2)=C(CC(=O)O)C(=O)N1C. The van der Waals surface area contributed by atoms with Crippen LogP contribution in [0.5, 0.6) is 0 Å². The van der Waals surface area contributed by atoms with E-state index in [1.54, 1.807) is 25.4 Å². The first-order chi connectivity index (χ1) is 9.97. The molecule has 1 N–H and O–H groups in total. The summed E-state index contributed by atoms with van der Waals surface area (Å²) in [5.74, 6) is -1.87. The minimum atomic E-state index is -1.13. The summed E-state index contributed by atoms with van der Waals surface area (Å²) in [7, 11) is 1.57. The van der Waals surface area contributed by atoms with E-state index >= 15 is 0 Å². The number of carboxylic acid groups (broad SMARTS) is 1. The third-order valence-electron chi connectivity index (χ3n) is 3.24. The molecule has 1 aromatic heterocycles. The molecule has 1 atom stereocenters. The number of hydrogen-bond acceptors (Lipinski definition) is 5. The number of thioether (sulfide) groups is 1. The zero-order chi connectivity index (χ0) is 15.6. The average molecular weight is 306 g/mol. The van der Waals surface area contributed by atoms with Gasteiger partial charge in [-0.15, -0.1) is 11.8 Å². The van der Waals surface area contributed by atoms with Crippen LogP contribution in [0.15, 0.2) is 35.7 Å². The number of hydrogen-bond donors (Lipinski definition) is 1. The smallest absolute Gasteiger partial charge is 0.308 e. The maximum Gasteiger partial charge on any atom is 0.308 e. The molecule has 0 bridgehead atoms. The molecule has 1 aromatic rings. The van der Waals surface area contributed by atoms with E-state index in [-0.39, 0.29) is 16.9 Å². The van der Waals surface area contributed by atoms with Gasteiger partial charge in [-0.3, -0.25) is 19.4 Å². The largest absolute Gasteiger partial charge is 0.481 e. The van der Waals surface area contributed by atoms with Crippen LogP contribution in [-0.2, 0) is 9.59 Å². The third-order valence-corrected chi connectivity index (χ3v) is 4.24. The highest BCUT2D eigenvalue weighted by Gasteiger charge is 2.40. The number of aromatic nitrogens is 1. The molecule has 0 spiro atoms. The zero-order valence-electron chi connectivity index (χ0n) is 11.6. The number of ketones is 1. The van der Waals surface area contributed by atoms with Crippen LogP contribution in [0.1, 0.15) is 16.8 Å². The summed E-state index contributed by atoms with van der Waals surface area (Å²) in [6, 6.07) is 3.10. The highest BCUT2D eigenvalue weighted by Crippen LogP contribution is 2.34. The zero-order valence-corrected chi connectivity index (χ0v) is 12.4. The topological polar surface area (TPSA) is 87.6 Å². The predicted octanol–water partition coefficient (Wildman–Crippen LogP) is 1.20. The van der Waals surface area contributed by atoms with Gasteiger partial charge in [-0.1, -0.05) is 0 Å². The lowest BCUT2D eigenvalue weighted by molar-refractivity contribution is -0.137. The lowest BCUT2D eigenvalue weighted by atomic mass is 9.99. The van der Waals surface area contributed by atoms with Gasteiger partial charge in [0.2, 0.25) is 0 Å². The fourth-order valence-corrected chi connectivity index (χ4v) is 3.18. The number of Topliss-reactive ketones (excluding diaryl/α,β-unsaturated/α-hetero) is 1. The van der Waals surface area contributed by atoms with Crippen molar-refractivity contribution in [3.05, 3.63) is 41.2 Å². The number of likely N-dealkylation sites (N-methyl/N-ethyl adjacent to an activating group) is 1. The van der Waals surface area contributed by atoms with E-state index in [0.29, 0.717) is 5.56 Å². The monoisotopic (exact) mass is 306 g/mol. The van der Waals surface area contributed by atoms with Crippen LogP contribution in [0.2, 0.25) is 0 Å². The summed E-state index contributed by atoms with van der Waals surface area (Å²) in [6.07, 6.45) is 4.29. The van der Waals surface area contributed by atoms with Gasteiger partial charge in [0.15, 0.2) is 5.78 Å². The van der Waals surface area contributed by atoms with Crippen LogP contribution < -0.4 is 0 Å². The Morgan fingerprint density at radius 2 is 2.00 bits per heavy atom. The Morgan fingerprint density at radius 3 is 2.52 bits per heavy atom. The van der Waals surface area contributed by atoms with Crippen LogP contribution in [0, 0.1) is 0 Å². The molecule has 0 saturated heterocycles. The number of carboxylic acids is 1. The highest BCUT2D eigenvalue weighted by molar-refractivity contribution is 7.99. The molecular weight excluding hydrogens is 292 g/mol. The Morgan fingerprint density at radius 1 is 1.38 bits per heavy atom. The van der Waals surface area contributed by atoms with Crippen LogP contribution >= 0.6 is 11.8 Å². The molecule has 21 heavy (non-hydrogen) atoms. The number of amides is 1. The Balaban J connectivity index is 2.52. The van der Waals surface area contributed by atoms with Crippen molar-refractivity contribution in [2.45, 2.75) is 11.8 Å². The van der Waals surface area contributed by atoms with E-state index in [4.69, 9.17) is 5.11 Å². The van der Waals surface area contributed by atoms with E-state index in [9.17, 15) is 14.4 Å². The second-order valence-corrected chi connectivity index (χ2v) is 5.45. The van der Waals surface area contributed by atoms with Crippen molar-refractivity contribution in [2.75, 3.05) is 13.3 Å². The van der Waals surface area contributed by atoms with Crippen molar-refractivity contribution in [3.63, 3.8) is 0 Å². The van der Waals surface area contributed by atoms with Gasteiger partial charge < -0.3 is 10.0 Å². The number of carbonyl (C=O) groups excluding carboxylic acids is 2. The molecule has 1 aliphatic rings. The maximum atomic E-state index is 12.6. The predicted molar refractivity (Wildman–Crippen MR) is 77.9 cm³/mol. The molecule has 7 heteroatoms. The normalized spacial score (nSPS) is 18.3. The molecule has 110 valence electrons. The molecule has 0 aliphatic carbocycles. The Labute approximate surface area is 125 Å². The van der Waals surface area contributed by atoms with Gasteiger partial charge in [-0.25, -0.2) is 0 Å². The molecule has 1 aliphatic heterocycles. The number of pyridine rings is 1. The number of carbonyl (C=O) groups is 3. The molecule has 2 rings (SSSR count). The van der Waals surface area contributed by atoms with E-state index in [1.807, 2.05) is 0 Å². The Bertz CT molecular complexity index is 627. The standard InChI is InChI=1S/C14H14N2O4S/c1-16-13(20)9(7-10(17)18)11(14(16)21-2)12(19)8-3-5-15-6-4-8/h3-6,14H,7H2,1-2H3,(H,17,18)/t14-/m0/s1. The van der Waals surface area contributed by atoms with Gasteiger partial charge >= 0.3 is 5.97 Å². The summed E-state index contributed by atoms with van der Waals surface area (Å²) >= 11 is 1.32. The maximum absolute atomic E-state index is 12.6. The molecule has 6 nitrogen and oxygen atoms in total. The van der Waals surface area contributed by atoms with Crippen molar-refractivity contribution in [1.29, 1.82) is 0 Å². The summed E-state index contributed by atoms with van der Waals surface area (Å²) in [5, 5.41) is 8.51. The highest BCUT2D eigenvalue weighted by atomic mass is 32.2. The fraction of sp³-hybridized carbons (Fsp3) is 0.286.